The number of likely N-dealkylation sites (tertiary alicyclic amines) is 2. The van der Waals surface area contributed by atoms with Gasteiger partial charge in [0.2, 0.25) is 0 Å². The molecule has 2 aliphatic heterocycles. The van der Waals surface area contributed by atoms with Crippen molar-refractivity contribution in [1.82, 2.24) is 29.9 Å². The van der Waals surface area contributed by atoms with Crippen molar-refractivity contribution in [1.29, 1.82) is 0 Å². The molecule has 1 unspecified atom stereocenters. The Hall–Kier alpha value is -0.900. The molecule has 0 aliphatic carbocycles. The third-order valence-corrected chi connectivity index (χ3v) is 4.67. The first-order chi connectivity index (χ1) is 10.9. The van der Waals surface area contributed by atoms with Crippen molar-refractivity contribution in [2.45, 2.75) is 38.3 Å². The Morgan fingerprint density at radius 1 is 1.26 bits per heavy atom. The molecule has 2 aliphatic rings. The van der Waals surface area contributed by atoms with E-state index in [9.17, 15) is 0 Å². The summed E-state index contributed by atoms with van der Waals surface area (Å²) in [5.74, 6) is 1.01. The molecule has 0 saturated carbocycles. The van der Waals surface area contributed by atoms with Gasteiger partial charge in [0.25, 0.3) is 0 Å². The molecule has 0 bridgehead atoms. The minimum absolute atomic E-state index is 0. The number of halogens is 1. The molecule has 0 spiro atoms. The van der Waals surface area contributed by atoms with Gasteiger partial charge in [0.1, 0.15) is 12.7 Å². The molecular formula is C15H28IN7. The fourth-order valence-corrected chi connectivity index (χ4v) is 3.48. The number of aliphatic imine (C=N–C) groups is 1. The smallest absolute Gasteiger partial charge is 0.193 e. The van der Waals surface area contributed by atoms with Gasteiger partial charge in [-0.1, -0.05) is 6.42 Å². The third kappa shape index (κ3) is 5.03. The summed E-state index contributed by atoms with van der Waals surface area (Å²) in [6.07, 6.45) is 8.69. The molecule has 2 saturated heterocycles. The van der Waals surface area contributed by atoms with Gasteiger partial charge in [0.05, 0.1) is 6.54 Å². The Balaban J connectivity index is 0.00000192. The zero-order valence-electron chi connectivity index (χ0n) is 13.9. The normalized spacial score (nSPS) is 22.9. The average molecular weight is 433 g/mol. The lowest BCUT2D eigenvalue weighted by molar-refractivity contribution is 0.168. The van der Waals surface area contributed by atoms with E-state index in [1.807, 2.05) is 11.7 Å². The van der Waals surface area contributed by atoms with E-state index in [4.69, 9.17) is 0 Å². The summed E-state index contributed by atoms with van der Waals surface area (Å²) < 4.78 is 1.83. The lowest BCUT2D eigenvalue weighted by Crippen LogP contribution is -2.45. The summed E-state index contributed by atoms with van der Waals surface area (Å²) in [4.78, 5) is 13.5. The number of hydrogen-bond donors (Lipinski definition) is 1. The Labute approximate surface area is 155 Å². The van der Waals surface area contributed by atoms with Crippen LogP contribution in [0.1, 0.15) is 25.7 Å². The van der Waals surface area contributed by atoms with Gasteiger partial charge in [-0.25, -0.2) is 4.98 Å². The molecule has 0 radical (unpaired) electrons. The van der Waals surface area contributed by atoms with Gasteiger partial charge in [-0.3, -0.25) is 14.6 Å². The highest BCUT2D eigenvalue weighted by atomic mass is 127. The van der Waals surface area contributed by atoms with Crippen molar-refractivity contribution in [3.8, 4) is 0 Å². The molecule has 3 heterocycles. The molecule has 0 amide bonds. The van der Waals surface area contributed by atoms with Crippen LogP contribution in [0.5, 0.6) is 0 Å². The second-order valence-corrected chi connectivity index (χ2v) is 6.12. The number of aromatic nitrogens is 3. The zero-order chi connectivity index (χ0) is 15.2. The zero-order valence-corrected chi connectivity index (χ0v) is 16.2. The molecule has 2 fully saturated rings. The highest BCUT2D eigenvalue weighted by Gasteiger charge is 2.29. The maximum absolute atomic E-state index is 4.44. The van der Waals surface area contributed by atoms with Crippen LogP contribution < -0.4 is 5.32 Å². The van der Waals surface area contributed by atoms with Gasteiger partial charge in [-0.2, -0.15) is 5.10 Å². The molecule has 23 heavy (non-hydrogen) atoms. The molecule has 3 rings (SSSR count). The summed E-state index contributed by atoms with van der Waals surface area (Å²) in [5, 5.41) is 7.56. The predicted octanol–water partition coefficient (Wildman–Crippen LogP) is 1.03. The van der Waals surface area contributed by atoms with Gasteiger partial charge in [-0.05, 0) is 32.4 Å². The maximum Gasteiger partial charge on any atom is 0.193 e. The van der Waals surface area contributed by atoms with Gasteiger partial charge in [0, 0.05) is 32.7 Å². The van der Waals surface area contributed by atoms with Crippen LogP contribution in [0, 0.1) is 0 Å². The summed E-state index contributed by atoms with van der Waals surface area (Å²) >= 11 is 0. The fourth-order valence-electron chi connectivity index (χ4n) is 3.48. The van der Waals surface area contributed by atoms with Crippen molar-refractivity contribution < 1.29 is 0 Å². The van der Waals surface area contributed by atoms with Crippen molar-refractivity contribution in [3.05, 3.63) is 12.7 Å². The van der Waals surface area contributed by atoms with E-state index in [1.54, 1.807) is 12.7 Å². The summed E-state index contributed by atoms with van der Waals surface area (Å²) in [6.45, 7) is 6.38. The van der Waals surface area contributed by atoms with E-state index in [1.165, 1.54) is 38.8 Å². The molecule has 1 atom stereocenters. The maximum atomic E-state index is 4.44. The Morgan fingerprint density at radius 3 is 2.78 bits per heavy atom. The number of nitrogens with zero attached hydrogens (tertiary/aromatic N) is 6. The third-order valence-electron chi connectivity index (χ3n) is 4.67. The molecular weight excluding hydrogens is 405 g/mol. The molecule has 0 aromatic carbocycles. The fraction of sp³-hybridized carbons (Fsp3) is 0.800. The van der Waals surface area contributed by atoms with Gasteiger partial charge in [-0.15, -0.1) is 24.0 Å². The van der Waals surface area contributed by atoms with Crippen LogP contribution in [0.2, 0.25) is 0 Å². The van der Waals surface area contributed by atoms with Crippen molar-refractivity contribution in [2.24, 2.45) is 4.99 Å². The first-order valence-electron chi connectivity index (χ1n) is 8.39. The van der Waals surface area contributed by atoms with E-state index in [0.29, 0.717) is 6.04 Å². The Bertz CT molecular complexity index is 470. The summed E-state index contributed by atoms with van der Waals surface area (Å²) in [7, 11) is 1.87. The van der Waals surface area contributed by atoms with Crippen LogP contribution in [-0.2, 0) is 6.54 Å². The van der Waals surface area contributed by atoms with Crippen LogP contribution in [0.4, 0.5) is 0 Å². The van der Waals surface area contributed by atoms with Gasteiger partial charge < -0.3 is 10.2 Å². The quantitative estimate of drug-likeness (QED) is 0.437. The number of rotatable bonds is 4. The molecule has 1 aromatic rings. The summed E-state index contributed by atoms with van der Waals surface area (Å²) in [6, 6.07) is 0.703. The Kier molecular flexibility index (Phi) is 7.54. The number of guanidine groups is 1. The molecule has 7 nitrogen and oxygen atoms in total. The number of nitrogens with one attached hydrogen (secondary N) is 1. The number of piperidine rings is 1. The monoisotopic (exact) mass is 433 g/mol. The molecule has 8 heteroatoms. The van der Waals surface area contributed by atoms with E-state index >= 15 is 0 Å². The topological polar surface area (TPSA) is 61.6 Å². The van der Waals surface area contributed by atoms with Crippen LogP contribution >= 0.6 is 24.0 Å². The van der Waals surface area contributed by atoms with Crippen molar-refractivity contribution in [2.75, 3.05) is 39.8 Å². The van der Waals surface area contributed by atoms with Crippen LogP contribution in [-0.4, -0.2) is 76.3 Å². The second-order valence-electron chi connectivity index (χ2n) is 6.12. The van der Waals surface area contributed by atoms with Crippen LogP contribution in [0.15, 0.2) is 17.6 Å². The minimum Gasteiger partial charge on any atom is -0.354 e. The van der Waals surface area contributed by atoms with E-state index in [-0.39, 0.29) is 24.0 Å². The standard InChI is InChI=1S/C15H27N7.HI/c1-16-15(18-6-10-22-13-17-12-19-22)21-9-5-14(11-21)20-7-3-2-4-8-20;/h12-14H,2-11H2,1H3,(H,16,18);1H. The van der Waals surface area contributed by atoms with Crippen LogP contribution in [0.25, 0.3) is 0 Å². The molecule has 1 N–H and O–H groups in total. The highest BCUT2D eigenvalue weighted by Crippen LogP contribution is 2.20. The highest BCUT2D eigenvalue weighted by molar-refractivity contribution is 14.0. The predicted molar refractivity (Wildman–Crippen MR) is 102 cm³/mol. The first kappa shape index (κ1) is 18.4. The SMILES string of the molecule is CN=C(NCCn1cncn1)N1CCC(N2CCCCC2)C1.I. The average Bonchev–Trinajstić information content (AvgIpc) is 3.24. The van der Waals surface area contributed by atoms with Gasteiger partial charge in [0.15, 0.2) is 5.96 Å². The molecule has 1 aromatic heterocycles. The van der Waals surface area contributed by atoms with Crippen molar-refractivity contribution in [3.63, 3.8) is 0 Å². The second kappa shape index (κ2) is 9.41. The first-order valence-corrected chi connectivity index (χ1v) is 8.39. The van der Waals surface area contributed by atoms with Crippen LogP contribution in [0.3, 0.4) is 0 Å². The lowest BCUT2D eigenvalue weighted by atomic mass is 10.1. The van der Waals surface area contributed by atoms with Gasteiger partial charge >= 0.3 is 0 Å². The van der Waals surface area contributed by atoms with E-state index in [2.05, 4.69) is 30.2 Å². The summed E-state index contributed by atoms with van der Waals surface area (Å²) in [5.41, 5.74) is 0. The van der Waals surface area contributed by atoms with E-state index in [0.717, 1.165) is 32.1 Å². The largest absolute Gasteiger partial charge is 0.354 e. The van der Waals surface area contributed by atoms with Crippen molar-refractivity contribution >= 4 is 29.9 Å². The molecule has 130 valence electrons. The van der Waals surface area contributed by atoms with E-state index < -0.39 is 0 Å². The lowest BCUT2D eigenvalue weighted by Gasteiger charge is -2.32. The number of hydrogen-bond acceptors (Lipinski definition) is 4. The minimum atomic E-state index is 0. The Morgan fingerprint density at radius 2 is 2.09 bits per heavy atom.